The Kier molecular flexibility index (Phi) is 6.15. The number of β-lactam (4-membered cyclic amide) rings is 1. The Morgan fingerprint density at radius 2 is 1.69 bits per heavy atom. The summed E-state index contributed by atoms with van der Waals surface area (Å²) in [5.74, 6) is -1.71. The number of hydrogen-bond acceptors (Lipinski definition) is 4. The number of nitrogens with zero attached hydrogens (tertiary/aromatic N) is 1. The van der Waals surface area contributed by atoms with Gasteiger partial charge >= 0.3 is 5.97 Å². The van der Waals surface area contributed by atoms with Gasteiger partial charge < -0.3 is 15.3 Å². The van der Waals surface area contributed by atoms with Crippen LogP contribution >= 0.6 is 11.8 Å². The van der Waals surface area contributed by atoms with Crippen LogP contribution in [0.25, 0.3) is 11.1 Å². The number of nitrogens with one attached hydrogen (secondary N) is 1. The monoisotopic (exact) mass is 419 g/mol. The normalized spacial score (nSPS) is 24.1. The number of carboxylic acid groups (broad SMARTS) is 1. The molecule has 2 N–H and O–H groups in total. The number of hydrogen-bond donors (Lipinski definition) is 2. The standard InChI is InChI=1S/C21H20N2O4S.Na/c1-21(2)16(20(26)27)23-18(25)15(19(23)28-21)22-17(24)14-11-7-6-10-13(14)12-8-4-3-5-9-12;/h3-11,15-16,19H,1-2H3,(H,22,24)(H,26,27);. The van der Waals surface area contributed by atoms with E-state index in [0.717, 1.165) is 11.1 Å². The van der Waals surface area contributed by atoms with Gasteiger partial charge in [0.05, 0.1) is 0 Å². The number of carbonyl (C=O) groups excluding carboxylic acids is 2. The topological polar surface area (TPSA) is 86.7 Å². The molecule has 0 saturated carbocycles. The van der Waals surface area contributed by atoms with Crippen molar-refractivity contribution in [2.45, 2.75) is 36.1 Å². The predicted octanol–water partition coefficient (Wildman–Crippen LogP) is 2.22. The van der Waals surface area contributed by atoms with Crippen LogP contribution in [0.1, 0.15) is 24.2 Å². The fourth-order valence-corrected chi connectivity index (χ4v) is 5.54. The van der Waals surface area contributed by atoms with E-state index in [0.29, 0.717) is 5.56 Å². The quantitative estimate of drug-likeness (QED) is 0.586. The molecular weight excluding hydrogens is 399 g/mol. The summed E-state index contributed by atoms with van der Waals surface area (Å²) in [7, 11) is 0. The minimum atomic E-state index is -1.02. The maximum absolute atomic E-state index is 12.9. The van der Waals surface area contributed by atoms with Crippen LogP contribution in [0, 0.1) is 0 Å². The first kappa shape index (κ1) is 21.9. The molecule has 145 valence electrons. The number of rotatable bonds is 4. The third-order valence-electron chi connectivity index (χ3n) is 5.22. The van der Waals surface area contributed by atoms with Crippen LogP contribution in [0.15, 0.2) is 54.6 Å². The second-order valence-electron chi connectivity index (χ2n) is 7.46. The molecule has 1 radical (unpaired) electrons. The average Bonchev–Trinajstić information content (AvgIpc) is 2.94. The molecule has 0 aliphatic carbocycles. The number of carboxylic acids is 1. The molecule has 2 aromatic rings. The van der Waals surface area contributed by atoms with Crippen LogP contribution in [0.4, 0.5) is 0 Å². The van der Waals surface area contributed by atoms with Gasteiger partial charge in [0.1, 0.15) is 17.5 Å². The van der Waals surface area contributed by atoms with E-state index in [4.69, 9.17) is 0 Å². The van der Waals surface area contributed by atoms with Crippen molar-refractivity contribution in [3.63, 3.8) is 0 Å². The maximum atomic E-state index is 12.9. The van der Waals surface area contributed by atoms with Crippen molar-refractivity contribution in [3.05, 3.63) is 60.2 Å². The summed E-state index contributed by atoms with van der Waals surface area (Å²) in [6, 6.07) is 15.2. The second-order valence-corrected chi connectivity index (χ2v) is 9.23. The van der Waals surface area contributed by atoms with E-state index in [2.05, 4.69) is 5.32 Å². The van der Waals surface area contributed by atoms with Crippen LogP contribution in [0.2, 0.25) is 0 Å². The number of benzene rings is 2. The molecule has 2 aliphatic heterocycles. The van der Waals surface area contributed by atoms with Gasteiger partial charge in [-0.25, -0.2) is 4.79 Å². The van der Waals surface area contributed by atoms with Gasteiger partial charge in [0.15, 0.2) is 0 Å². The molecule has 0 spiro atoms. The zero-order valence-corrected chi connectivity index (χ0v) is 19.3. The smallest absolute Gasteiger partial charge is 0.327 e. The third-order valence-corrected chi connectivity index (χ3v) is 6.79. The molecule has 6 nitrogen and oxygen atoms in total. The molecule has 4 rings (SSSR count). The molecule has 2 heterocycles. The number of aliphatic carboxylic acids is 1. The van der Waals surface area contributed by atoms with E-state index in [1.54, 1.807) is 12.1 Å². The van der Waals surface area contributed by atoms with Crippen LogP contribution in [0.5, 0.6) is 0 Å². The molecule has 2 aliphatic rings. The SMILES string of the molecule is CC1(C)SC2C(NC(=O)c3ccccc3-c3ccccc3)C(=O)N2C1C(=O)O.[Na]. The first-order valence-corrected chi connectivity index (χ1v) is 9.87. The number of carbonyl (C=O) groups is 3. The van der Waals surface area contributed by atoms with Crippen molar-refractivity contribution < 1.29 is 19.5 Å². The Morgan fingerprint density at radius 1 is 1.07 bits per heavy atom. The first-order chi connectivity index (χ1) is 13.3. The number of fused-ring (bicyclic) bond motifs is 1. The molecule has 2 saturated heterocycles. The van der Waals surface area contributed by atoms with Crippen LogP contribution in [-0.4, -0.2) is 79.6 Å². The summed E-state index contributed by atoms with van der Waals surface area (Å²) in [5, 5.41) is 12.0. The zero-order chi connectivity index (χ0) is 20.1. The molecule has 3 unspecified atom stereocenters. The predicted molar refractivity (Wildman–Crippen MR) is 113 cm³/mol. The molecule has 8 heteroatoms. The minimum Gasteiger partial charge on any atom is -0.480 e. The fourth-order valence-electron chi connectivity index (χ4n) is 3.91. The Balaban J connectivity index is 0.00000240. The number of amides is 2. The van der Waals surface area contributed by atoms with E-state index in [1.165, 1.54) is 16.7 Å². The van der Waals surface area contributed by atoms with Gasteiger partial charge in [-0.2, -0.15) is 0 Å². The van der Waals surface area contributed by atoms with Crippen molar-refractivity contribution >= 4 is 59.1 Å². The second kappa shape index (κ2) is 8.14. The van der Waals surface area contributed by atoms with Crippen molar-refractivity contribution in [3.8, 4) is 11.1 Å². The largest absolute Gasteiger partial charge is 0.480 e. The van der Waals surface area contributed by atoms with Gasteiger partial charge in [0.25, 0.3) is 5.91 Å². The Labute approximate surface area is 195 Å². The van der Waals surface area contributed by atoms with Gasteiger partial charge in [0.2, 0.25) is 5.91 Å². The maximum Gasteiger partial charge on any atom is 0.327 e. The van der Waals surface area contributed by atoms with Gasteiger partial charge in [-0.3, -0.25) is 9.59 Å². The van der Waals surface area contributed by atoms with Gasteiger partial charge in [-0.05, 0) is 31.0 Å². The minimum absolute atomic E-state index is 0. The van der Waals surface area contributed by atoms with E-state index in [1.807, 2.05) is 56.3 Å². The van der Waals surface area contributed by atoms with Crippen molar-refractivity contribution in [2.24, 2.45) is 0 Å². The van der Waals surface area contributed by atoms with E-state index >= 15 is 0 Å². The zero-order valence-electron chi connectivity index (χ0n) is 16.5. The number of thioether (sulfide) groups is 1. The van der Waals surface area contributed by atoms with E-state index in [9.17, 15) is 19.5 Å². The molecule has 2 amide bonds. The summed E-state index contributed by atoms with van der Waals surface area (Å²) in [6.07, 6.45) is 0. The van der Waals surface area contributed by atoms with Crippen LogP contribution in [0.3, 0.4) is 0 Å². The Hall–Kier alpha value is -1.80. The summed E-state index contributed by atoms with van der Waals surface area (Å²) < 4.78 is -0.617. The fraction of sp³-hybridized carbons (Fsp3) is 0.286. The van der Waals surface area contributed by atoms with Crippen molar-refractivity contribution in [2.75, 3.05) is 0 Å². The molecule has 2 aromatic carbocycles. The van der Waals surface area contributed by atoms with Crippen LogP contribution in [-0.2, 0) is 9.59 Å². The van der Waals surface area contributed by atoms with Gasteiger partial charge in [-0.1, -0.05) is 48.5 Å². The first-order valence-electron chi connectivity index (χ1n) is 8.99. The summed E-state index contributed by atoms with van der Waals surface area (Å²) in [5.41, 5.74) is 2.18. The molecular formula is C21H20N2NaO4S. The summed E-state index contributed by atoms with van der Waals surface area (Å²) in [6.45, 7) is 3.62. The summed E-state index contributed by atoms with van der Waals surface area (Å²) in [4.78, 5) is 38.5. The molecule has 29 heavy (non-hydrogen) atoms. The molecule has 0 aromatic heterocycles. The van der Waals surface area contributed by atoms with Gasteiger partial charge in [-0.15, -0.1) is 11.8 Å². The van der Waals surface area contributed by atoms with E-state index in [-0.39, 0.29) is 46.7 Å². The van der Waals surface area contributed by atoms with Crippen LogP contribution < -0.4 is 5.32 Å². The average molecular weight is 419 g/mol. The molecule has 2 fully saturated rings. The van der Waals surface area contributed by atoms with Gasteiger partial charge in [0, 0.05) is 39.9 Å². The van der Waals surface area contributed by atoms with E-state index < -0.39 is 22.8 Å². The molecule has 3 atom stereocenters. The summed E-state index contributed by atoms with van der Waals surface area (Å²) >= 11 is 1.41. The van der Waals surface area contributed by atoms with Crippen molar-refractivity contribution in [1.82, 2.24) is 10.2 Å². The Bertz CT molecular complexity index is 966. The third kappa shape index (κ3) is 3.72. The van der Waals surface area contributed by atoms with Crippen molar-refractivity contribution in [1.29, 1.82) is 0 Å². The Morgan fingerprint density at radius 3 is 2.34 bits per heavy atom. The molecule has 0 bridgehead atoms.